The molecule has 1 heterocycles. The highest BCUT2D eigenvalue weighted by atomic mass is 32.2. The van der Waals surface area contributed by atoms with Crippen LogP contribution < -0.4 is 14.4 Å². The van der Waals surface area contributed by atoms with Crippen LogP contribution in [0.2, 0.25) is 0 Å². The van der Waals surface area contributed by atoms with Crippen LogP contribution in [0.25, 0.3) is 10.2 Å². The van der Waals surface area contributed by atoms with E-state index in [-0.39, 0.29) is 5.91 Å². The summed E-state index contributed by atoms with van der Waals surface area (Å²) >= 11 is 3.06. The van der Waals surface area contributed by atoms with Crippen molar-refractivity contribution < 1.29 is 14.3 Å². The lowest BCUT2D eigenvalue weighted by atomic mass is 10.3. The second-order valence-electron chi connectivity index (χ2n) is 7.23. The Morgan fingerprint density at radius 3 is 2.52 bits per heavy atom. The molecule has 3 rings (SSSR count). The van der Waals surface area contributed by atoms with Gasteiger partial charge >= 0.3 is 0 Å². The third-order valence-corrected chi connectivity index (χ3v) is 6.64. The molecule has 1 aromatic heterocycles. The normalized spacial score (nSPS) is 11.1. The van der Waals surface area contributed by atoms with E-state index < -0.39 is 0 Å². The molecule has 0 aliphatic rings. The van der Waals surface area contributed by atoms with Gasteiger partial charge in [0.2, 0.25) is 5.91 Å². The summed E-state index contributed by atoms with van der Waals surface area (Å²) in [4.78, 5) is 22.9. The second-order valence-corrected chi connectivity index (χ2v) is 9.28. The molecule has 8 heteroatoms. The largest absolute Gasteiger partial charge is 0.497 e. The standard InChI is InChI=1S/C23H29N3O3S2/c1-5-29-18-9-12-20-21(15-18)31-23(24-20)26(14-6-13-25(2)3)22(27)16-30-19-10-7-17(28-4)8-11-19/h7-12,15H,5-6,13-14,16H2,1-4H3. The predicted octanol–water partition coefficient (Wildman–Crippen LogP) is 4.78. The minimum Gasteiger partial charge on any atom is -0.497 e. The van der Waals surface area contributed by atoms with E-state index in [4.69, 9.17) is 14.5 Å². The second kappa shape index (κ2) is 11.4. The fraction of sp³-hybridized carbons (Fsp3) is 0.391. The van der Waals surface area contributed by atoms with Crippen LogP contribution in [0.15, 0.2) is 47.4 Å². The van der Waals surface area contributed by atoms with Gasteiger partial charge in [-0.05, 0) is 76.4 Å². The van der Waals surface area contributed by atoms with Crippen LogP contribution in [0, 0.1) is 0 Å². The fourth-order valence-electron chi connectivity index (χ4n) is 3.03. The molecule has 0 aliphatic heterocycles. The van der Waals surface area contributed by atoms with Crippen LogP contribution in [-0.2, 0) is 4.79 Å². The van der Waals surface area contributed by atoms with Gasteiger partial charge in [0.25, 0.3) is 0 Å². The van der Waals surface area contributed by atoms with Gasteiger partial charge in [-0.2, -0.15) is 0 Å². The zero-order valence-electron chi connectivity index (χ0n) is 18.5. The van der Waals surface area contributed by atoms with Gasteiger partial charge in [-0.1, -0.05) is 11.3 Å². The maximum atomic E-state index is 13.2. The van der Waals surface area contributed by atoms with Crippen molar-refractivity contribution in [2.75, 3.05) is 51.6 Å². The topological polar surface area (TPSA) is 54.9 Å². The van der Waals surface area contributed by atoms with Crippen LogP contribution in [0.1, 0.15) is 13.3 Å². The number of rotatable bonds is 11. The molecule has 0 N–H and O–H groups in total. The Balaban J connectivity index is 1.75. The Bertz CT molecular complexity index is 989. The van der Waals surface area contributed by atoms with Crippen molar-refractivity contribution in [3.05, 3.63) is 42.5 Å². The van der Waals surface area contributed by atoms with Gasteiger partial charge in [-0.15, -0.1) is 11.8 Å². The first kappa shape index (κ1) is 23.4. The first-order chi connectivity index (χ1) is 15.0. The molecule has 1 amide bonds. The van der Waals surface area contributed by atoms with Crippen molar-refractivity contribution in [2.45, 2.75) is 18.2 Å². The summed E-state index contributed by atoms with van der Waals surface area (Å²) in [5, 5.41) is 0.739. The van der Waals surface area contributed by atoms with Gasteiger partial charge in [0.15, 0.2) is 5.13 Å². The van der Waals surface area contributed by atoms with E-state index >= 15 is 0 Å². The zero-order chi connectivity index (χ0) is 22.2. The Morgan fingerprint density at radius 1 is 1.10 bits per heavy atom. The zero-order valence-corrected chi connectivity index (χ0v) is 20.1. The van der Waals surface area contributed by atoms with Gasteiger partial charge in [-0.3, -0.25) is 9.69 Å². The molecule has 0 spiro atoms. The number of thioether (sulfide) groups is 1. The van der Waals surface area contributed by atoms with Gasteiger partial charge in [0.05, 0.1) is 29.7 Å². The number of thiazole rings is 1. The molecular formula is C23H29N3O3S2. The third-order valence-electron chi connectivity index (χ3n) is 4.60. The minimum atomic E-state index is 0.0589. The van der Waals surface area contributed by atoms with E-state index in [0.29, 0.717) is 18.9 Å². The summed E-state index contributed by atoms with van der Waals surface area (Å²) in [6.07, 6.45) is 0.881. The summed E-state index contributed by atoms with van der Waals surface area (Å²) < 4.78 is 11.8. The Kier molecular flexibility index (Phi) is 8.57. The lowest BCUT2D eigenvalue weighted by Crippen LogP contribution is -2.34. The highest BCUT2D eigenvalue weighted by Gasteiger charge is 2.20. The molecule has 0 radical (unpaired) electrons. The smallest absolute Gasteiger partial charge is 0.239 e. The third kappa shape index (κ3) is 6.59. The molecule has 2 aromatic carbocycles. The molecule has 0 saturated heterocycles. The number of carbonyl (C=O) groups excluding carboxylic acids is 1. The molecular weight excluding hydrogens is 430 g/mol. The number of anilines is 1. The molecule has 0 saturated carbocycles. The van der Waals surface area contributed by atoms with Crippen molar-refractivity contribution in [1.29, 1.82) is 0 Å². The number of hydrogen-bond acceptors (Lipinski definition) is 7. The molecule has 0 bridgehead atoms. The minimum absolute atomic E-state index is 0.0589. The van der Waals surface area contributed by atoms with Gasteiger partial charge in [0, 0.05) is 11.4 Å². The van der Waals surface area contributed by atoms with Crippen molar-refractivity contribution in [2.24, 2.45) is 0 Å². The molecule has 6 nitrogen and oxygen atoms in total. The average Bonchev–Trinajstić information content (AvgIpc) is 3.18. The molecule has 3 aromatic rings. The van der Waals surface area contributed by atoms with E-state index in [1.165, 1.54) is 23.1 Å². The van der Waals surface area contributed by atoms with Crippen LogP contribution in [0.4, 0.5) is 5.13 Å². The van der Waals surface area contributed by atoms with Crippen molar-refractivity contribution in [1.82, 2.24) is 9.88 Å². The van der Waals surface area contributed by atoms with E-state index in [2.05, 4.69) is 4.90 Å². The number of benzene rings is 2. The Hall–Kier alpha value is -2.29. The molecule has 31 heavy (non-hydrogen) atoms. The van der Waals surface area contributed by atoms with Crippen LogP contribution in [-0.4, -0.2) is 62.4 Å². The average molecular weight is 460 g/mol. The Labute approximate surface area is 192 Å². The number of fused-ring (bicyclic) bond motifs is 1. The van der Waals surface area contributed by atoms with E-state index in [1.54, 1.807) is 7.11 Å². The highest BCUT2D eigenvalue weighted by Crippen LogP contribution is 2.32. The lowest BCUT2D eigenvalue weighted by Gasteiger charge is -2.21. The van der Waals surface area contributed by atoms with Crippen molar-refractivity contribution >= 4 is 44.4 Å². The van der Waals surface area contributed by atoms with Crippen LogP contribution >= 0.6 is 23.1 Å². The summed E-state index contributed by atoms with van der Waals surface area (Å²) in [5.74, 6) is 2.05. The first-order valence-electron chi connectivity index (χ1n) is 10.3. The maximum absolute atomic E-state index is 13.2. The molecule has 166 valence electrons. The van der Waals surface area contributed by atoms with Crippen molar-refractivity contribution in [3.63, 3.8) is 0 Å². The summed E-state index contributed by atoms with van der Waals surface area (Å²) in [6.45, 7) is 4.13. The number of ether oxygens (including phenoxy) is 2. The lowest BCUT2D eigenvalue weighted by molar-refractivity contribution is -0.116. The number of nitrogens with zero attached hydrogens (tertiary/aromatic N) is 3. The molecule has 0 unspecified atom stereocenters. The monoisotopic (exact) mass is 459 g/mol. The number of carbonyl (C=O) groups is 1. The number of hydrogen-bond donors (Lipinski definition) is 0. The van der Waals surface area contributed by atoms with Gasteiger partial charge < -0.3 is 14.4 Å². The van der Waals surface area contributed by atoms with Crippen molar-refractivity contribution in [3.8, 4) is 11.5 Å². The number of methoxy groups -OCH3 is 1. The quantitative estimate of drug-likeness (QED) is 0.385. The van der Waals surface area contributed by atoms with E-state index in [9.17, 15) is 4.79 Å². The summed E-state index contributed by atoms with van der Waals surface area (Å²) in [7, 11) is 5.73. The molecule has 0 atom stereocenters. The fourth-order valence-corrected chi connectivity index (χ4v) is 4.84. The van der Waals surface area contributed by atoms with Gasteiger partial charge in [0.1, 0.15) is 11.5 Å². The SMILES string of the molecule is CCOc1ccc2nc(N(CCCN(C)C)C(=O)CSc3ccc(OC)cc3)sc2c1. The molecule has 0 aliphatic carbocycles. The molecule has 0 fully saturated rings. The summed E-state index contributed by atoms with van der Waals surface area (Å²) in [5.41, 5.74) is 0.886. The first-order valence-corrected chi connectivity index (χ1v) is 12.1. The summed E-state index contributed by atoms with van der Waals surface area (Å²) in [6, 6.07) is 13.6. The number of amides is 1. The highest BCUT2D eigenvalue weighted by molar-refractivity contribution is 8.00. The number of aromatic nitrogens is 1. The maximum Gasteiger partial charge on any atom is 0.239 e. The van der Waals surface area contributed by atoms with Crippen LogP contribution in [0.5, 0.6) is 11.5 Å². The van der Waals surface area contributed by atoms with E-state index in [0.717, 1.165) is 44.7 Å². The van der Waals surface area contributed by atoms with Gasteiger partial charge in [-0.25, -0.2) is 4.98 Å². The van der Waals surface area contributed by atoms with Crippen LogP contribution in [0.3, 0.4) is 0 Å². The van der Waals surface area contributed by atoms with E-state index in [1.807, 2.05) is 68.4 Å². The Morgan fingerprint density at radius 2 is 1.84 bits per heavy atom. The predicted molar refractivity (Wildman–Crippen MR) is 130 cm³/mol.